The van der Waals surface area contributed by atoms with Gasteiger partial charge in [0.05, 0.1) is 24.6 Å². The van der Waals surface area contributed by atoms with Crippen LogP contribution in [0.3, 0.4) is 0 Å². The van der Waals surface area contributed by atoms with Crippen LogP contribution in [0.15, 0.2) is 0 Å². The first-order valence-electron chi connectivity index (χ1n) is 7.76. The Bertz CT molecular complexity index is 193. The average Bonchev–Trinajstić information content (AvgIpc) is 2.43. The highest BCUT2D eigenvalue weighted by molar-refractivity contribution is 7.72. The zero-order valence-corrected chi connectivity index (χ0v) is 12.7. The van der Waals surface area contributed by atoms with Crippen LogP contribution < -0.4 is 0 Å². The topological polar surface area (TPSA) is 9.23 Å². The normalized spacial score (nSPS) is 25.1. The number of hydrogen-bond acceptors (Lipinski definition) is 1. The standard InChI is InChI=1S/C15H30OP/c1-3-17(16-2,14-10-6-4-7-11-14)15-12-8-5-9-13-15/h14-15H,3-13H2,1-2H3/q+1. The van der Waals surface area contributed by atoms with Crippen LogP contribution in [0.2, 0.25) is 0 Å². The van der Waals surface area contributed by atoms with Crippen molar-refractivity contribution < 1.29 is 4.52 Å². The van der Waals surface area contributed by atoms with E-state index in [9.17, 15) is 0 Å². The van der Waals surface area contributed by atoms with Gasteiger partial charge in [-0.3, -0.25) is 0 Å². The maximum Gasteiger partial charge on any atom is 0.150 e. The second-order valence-corrected chi connectivity index (χ2v) is 10.1. The first-order valence-corrected chi connectivity index (χ1v) is 9.79. The minimum Gasteiger partial charge on any atom is -0.241 e. The van der Waals surface area contributed by atoms with Gasteiger partial charge in [0.15, 0.2) is 7.49 Å². The van der Waals surface area contributed by atoms with E-state index in [0.29, 0.717) is 0 Å². The number of rotatable bonds is 4. The number of hydrogen-bond donors (Lipinski definition) is 0. The Morgan fingerprint density at radius 3 is 1.53 bits per heavy atom. The first kappa shape index (κ1) is 13.8. The Balaban J connectivity index is 2.10. The van der Waals surface area contributed by atoms with Gasteiger partial charge in [-0.2, -0.15) is 0 Å². The molecule has 2 rings (SSSR count). The molecule has 2 aliphatic carbocycles. The van der Waals surface area contributed by atoms with E-state index >= 15 is 0 Å². The molecule has 0 N–H and O–H groups in total. The molecule has 0 unspecified atom stereocenters. The largest absolute Gasteiger partial charge is 0.241 e. The molecule has 2 saturated carbocycles. The van der Waals surface area contributed by atoms with Crippen molar-refractivity contribution in [3.05, 3.63) is 0 Å². The van der Waals surface area contributed by atoms with Crippen LogP contribution in [0.4, 0.5) is 0 Å². The van der Waals surface area contributed by atoms with E-state index in [1.165, 1.54) is 70.4 Å². The minimum atomic E-state index is -1.11. The Morgan fingerprint density at radius 2 is 1.24 bits per heavy atom. The van der Waals surface area contributed by atoms with Gasteiger partial charge >= 0.3 is 0 Å². The second kappa shape index (κ2) is 6.53. The fourth-order valence-corrected chi connectivity index (χ4v) is 9.24. The van der Waals surface area contributed by atoms with Gasteiger partial charge in [-0.25, -0.2) is 4.52 Å². The zero-order valence-electron chi connectivity index (χ0n) is 11.8. The second-order valence-electron chi connectivity index (χ2n) is 5.94. The summed E-state index contributed by atoms with van der Waals surface area (Å²) in [6.07, 6.45) is 16.0. The quantitative estimate of drug-likeness (QED) is 0.625. The third-order valence-corrected chi connectivity index (χ3v) is 10.4. The molecule has 0 atom stereocenters. The Kier molecular flexibility index (Phi) is 5.30. The SMILES string of the molecule is CC[P+](OC)(C1CCCCC1)C1CCCCC1. The predicted molar refractivity (Wildman–Crippen MR) is 78.2 cm³/mol. The van der Waals surface area contributed by atoms with E-state index in [-0.39, 0.29) is 0 Å². The van der Waals surface area contributed by atoms with Crippen LogP contribution in [0.25, 0.3) is 0 Å². The van der Waals surface area contributed by atoms with Crippen molar-refractivity contribution in [2.24, 2.45) is 0 Å². The molecule has 0 saturated heterocycles. The maximum absolute atomic E-state index is 6.28. The van der Waals surface area contributed by atoms with Gasteiger partial charge < -0.3 is 0 Å². The van der Waals surface area contributed by atoms with Crippen LogP contribution in [-0.2, 0) is 4.52 Å². The molecule has 100 valence electrons. The first-order chi connectivity index (χ1) is 8.33. The molecule has 0 bridgehead atoms. The van der Waals surface area contributed by atoms with E-state index in [2.05, 4.69) is 6.92 Å². The van der Waals surface area contributed by atoms with Crippen LogP contribution in [0.1, 0.15) is 71.1 Å². The van der Waals surface area contributed by atoms with Gasteiger partial charge in [-0.15, -0.1) is 0 Å². The van der Waals surface area contributed by atoms with Gasteiger partial charge in [-0.05, 0) is 58.3 Å². The molecule has 0 radical (unpaired) electrons. The van der Waals surface area contributed by atoms with Gasteiger partial charge in [0, 0.05) is 0 Å². The lowest BCUT2D eigenvalue weighted by Crippen LogP contribution is -2.30. The molecule has 2 aliphatic rings. The van der Waals surface area contributed by atoms with Gasteiger partial charge in [0.25, 0.3) is 0 Å². The smallest absolute Gasteiger partial charge is 0.150 e. The lowest BCUT2D eigenvalue weighted by Gasteiger charge is -2.40. The molecule has 0 aromatic carbocycles. The van der Waals surface area contributed by atoms with Crippen molar-refractivity contribution in [1.82, 2.24) is 0 Å². The summed E-state index contributed by atoms with van der Waals surface area (Å²) in [7, 11) is 0.919. The van der Waals surface area contributed by atoms with Gasteiger partial charge in [0.2, 0.25) is 0 Å². The zero-order chi connectivity index (χ0) is 12.1. The average molecular weight is 257 g/mol. The molecule has 2 heteroatoms. The lowest BCUT2D eigenvalue weighted by atomic mass is 9.99. The van der Waals surface area contributed by atoms with Crippen molar-refractivity contribution in [2.45, 2.75) is 82.4 Å². The molecule has 0 aromatic rings. The third-order valence-electron chi connectivity index (χ3n) is 5.22. The van der Waals surface area contributed by atoms with Crippen molar-refractivity contribution in [3.8, 4) is 0 Å². The molecule has 0 amide bonds. The van der Waals surface area contributed by atoms with E-state index < -0.39 is 7.49 Å². The summed E-state index contributed by atoms with van der Waals surface area (Å²) in [4.78, 5) is 0. The Morgan fingerprint density at radius 1 is 0.824 bits per heavy atom. The summed E-state index contributed by atoms with van der Waals surface area (Å²) in [6.45, 7) is 2.40. The third kappa shape index (κ3) is 2.87. The van der Waals surface area contributed by atoms with E-state index in [1.807, 2.05) is 7.11 Å². The summed E-state index contributed by atoms with van der Waals surface area (Å²) in [5.74, 6) is 0. The molecule has 0 aromatic heterocycles. The monoisotopic (exact) mass is 257 g/mol. The van der Waals surface area contributed by atoms with E-state index in [0.717, 1.165) is 11.3 Å². The van der Waals surface area contributed by atoms with Crippen LogP contribution in [0, 0.1) is 0 Å². The summed E-state index contributed by atoms with van der Waals surface area (Å²) in [5, 5.41) is 0. The molecule has 0 aliphatic heterocycles. The van der Waals surface area contributed by atoms with Crippen molar-refractivity contribution in [2.75, 3.05) is 13.3 Å². The fraction of sp³-hybridized carbons (Fsp3) is 1.00. The molecule has 1 nitrogen and oxygen atoms in total. The highest BCUT2D eigenvalue weighted by Crippen LogP contribution is 2.72. The van der Waals surface area contributed by atoms with Crippen molar-refractivity contribution in [1.29, 1.82) is 0 Å². The highest BCUT2D eigenvalue weighted by atomic mass is 31.2. The van der Waals surface area contributed by atoms with Crippen LogP contribution in [-0.4, -0.2) is 24.6 Å². The molecular formula is C15H30OP+. The fourth-order valence-electron chi connectivity index (χ4n) is 4.28. The maximum atomic E-state index is 6.28. The Hall–Kier alpha value is 0.390. The highest BCUT2D eigenvalue weighted by Gasteiger charge is 2.52. The van der Waals surface area contributed by atoms with Gasteiger partial charge in [-0.1, -0.05) is 12.8 Å². The minimum absolute atomic E-state index is 0.953. The Labute approximate surface area is 108 Å². The van der Waals surface area contributed by atoms with Crippen LogP contribution in [0.5, 0.6) is 0 Å². The van der Waals surface area contributed by atoms with Crippen molar-refractivity contribution in [3.63, 3.8) is 0 Å². The van der Waals surface area contributed by atoms with E-state index in [4.69, 9.17) is 4.52 Å². The van der Waals surface area contributed by atoms with E-state index in [1.54, 1.807) is 0 Å². The predicted octanol–water partition coefficient (Wildman–Crippen LogP) is 5.25. The molecule has 2 fully saturated rings. The molecule has 0 spiro atoms. The summed E-state index contributed by atoms with van der Waals surface area (Å²) in [5.41, 5.74) is 1.91. The molecule has 0 heterocycles. The van der Waals surface area contributed by atoms with Gasteiger partial charge in [0.1, 0.15) is 0 Å². The van der Waals surface area contributed by atoms with Crippen LogP contribution >= 0.6 is 7.49 Å². The molecular weight excluding hydrogens is 227 g/mol. The summed E-state index contributed by atoms with van der Waals surface area (Å²) >= 11 is 0. The van der Waals surface area contributed by atoms with Crippen molar-refractivity contribution >= 4 is 7.49 Å². The summed E-state index contributed by atoms with van der Waals surface area (Å²) in [6, 6.07) is 0. The molecule has 17 heavy (non-hydrogen) atoms. The lowest BCUT2D eigenvalue weighted by molar-refractivity contribution is 0.378. The summed E-state index contributed by atoms with van der Waals surface area (Å²) < 4.78 is 6.28.